The molecule has 0 aliphatic rings. The molecule has 0 unspecified atom stereocenters. The first-order chi connectivity index (χ1) is 9.85. The second kappa shape index (κ2) is 7.26. The van der Waals surface area contributed by atoms with Crippen molar-refractivity contribution in [2.24, 2.45) is 16.8 Å². The Morgan fingerprint density at radius 1 is 1.48 bits per heavy atom. The van der Waals surface area contributed by atoms with Crippen LogP contribution in [0, 0.1) is 22.7 Å². The van der Waals surface area contributed by atoms with Crippen LogP contribution in [-0.2, 0) is 4.79 Å². The van der Waals surface area contributed by atoms with Crippen molar-refractivity contribution in [1.29, 1.82) is 10.7 Å². The third-order valence-electron chi connectivity index (χ3n) is 2.41. The summed E-state index contributed by atoms with van der Waals surface area (Å²) in [5, 5.41) is 22.8. The van der Waals surface area contributed by atoms with E-state index in [9.17, 15) is 4.79 Å². The maximum atomic E-state index is 11.7. The topological polar surface area (TPSA) is 127 Å². The molecule has 0 aliphatic heterocycles. The van der Waals surface area contributed by atoms with Crippen molar-refractivity contribution in [2.45, 2.75) is 13.8 Å². The number of carbonyl (C=O) groups excluding carboxylic acids is 1. The molecule has 7 nitrogen and oxygen atoms in total. The second-order valence-electron chi connectivity index (χ2n) is 4.43. The highest BCUT2D eigenvalue weighted by Crippen LogP contribution is 2.26. The average molecular weight is 307 g/mol. The van der Waals surface area contributed by atoms with Crippen LogP contribution in [0.1, 0.15) is 13.8 Å². The molecule has 0 aliphatic carbocycles. The molecule has 0 saturated heterocycles. The summed E-state index contributed by atoms with van der Waals surface area (Å²) >= 11 is 5.89. The monoisotopic (exact) mass is 306 g/mol. The molecule has 1 rings (SSSR count). The molecule has 0 radical (unpaired) electrons. The van der Waals surface area contributed by atoms with Gasteiger partial charge in [0, 0.05) is 10.9 Å². The van der Waals surface area contributed by atoms with Gasteiger partial charge in [-0.2, -0.15) is 10.4 Å². The largest absolute Gasteiger partial charge is 0.382 e. The number of nitrogens with one attached hydrogen (secondary N) is 3. The van der Waals surface area contributed by atoms with Crippen LogP contribution in [0.3, 0.4) is 0 Å². The molecule has 1 amide bonds. The van der Waals surface area contributed by atoms with Crippen molar-refractivity contribution in [3.05, 3.63) is 23.2 Å². The normalized spacial score (nSPS) is 10.9. The predicted molar refractivity (Wildman–Crippen MR) is 83.5 cm³/mol. The molecular weight excluding hydrogens is 292 g/mol. The Hall–Kier alpha value is -2.59. The molecular formula is C13H15ClN6O. The first kappa shape index (κ1) is 16.5. The van der Waals surface area contributed by atoms with E-state index < -0.39 is 5.84 Å². The molecule has 8 heteroatoms. The summed E-state index contributed by atoms with van der Waals surface area (Å²) in [7, 11) is 0. The lowest BCUT2D eigenvalue weighted by Gasteiger charge is -2.12. The predicted octanol–water partition coefficient (Wildman–Crippen LogP) is 2.16. The maximum absolute atomic E-state index is 11.7. The number of carbonyl (C=O) groups is 1. The summed E-state index contributed by atoms with van der Waals surface area (Å²) in [5.74, 6) is -0.819. The summed E-state index contributed by atoms with van der Waals surface area (Å²) in [4.78, 5) is 11.7. The van der Waals surface area contributed by atoms with E-state index in [1.807, 2.05) is 0 Å². The first-order valence-electron chi connectivity index (χ1n) is 6.03. The van der Waals surface area contributed by atoms with E-state index >= 15 is 0 Å². The molecule has 0 heterocycles. The van der Waals surface area contributed by atoms with E-state index in [0.29, 0.717) is 16.4 Å². The van der Waals surface area contributed by atoms with Gasteiger partial charge in [-0.3, -0.25) is 15.6 Å². The molecule has 0 bridgehead atoms. The molecule has 21 heavy (non-hydrogen) atoms. The van der Waals surface area contributed by atoms with E-state index in [0.717, 1.165) is 0 Å². The zero-order valence-electron chi connectivity index (χ0n) is 11.6. The van der Waals surface area contributed by atoms with Crippen molar-refractivity contribution in [2.75, 3.05) is 10.7 Å². The van der Waals surface area contributed by atoms with Crippen LogP contribution >= 0.6 is 11.6 Å². The highest BCUT2D eigenvalue weighted by atomic mass is 35.5. The Morgan fingerprint density at radius 3 is 2.67 bits per heavy atom. The van der Waals surface area contributed by atoms with Gasteiger partial charge < -0.3 is 11.1 Å². The molecule has 0 saturated carbocycles. The number of nitrogens with two attached hydrogens (primary N) is 1. The van der Waals surface area contributed by atoms with Crippen molar-refractivity contribution in [1.82, 2.24) is 0 Å². The highest BCUT2D eigenvalue weighted by Gasteiger charge is 2.11. The third kappa shape index (κ3) is 4.78. The van der Waals surface area contributed by atoms with E-state index in [2.05, 4.69) is 15.8 Å². The molecule has 0 atom stereocenters. The Balaban J connectivity index is 3.06. The summed E-state index contributed by atoms with van der Waals surface area (Å²) in [6.07, 6.45) is 0. The highest BCUT2D eigenvalue weighted by molar-refractivity contribution is 6.45. The number of halogens is 1. The van der Waals surface area contributed by atoms with E-state index in [4.69, 9.17) is 28.0 Å². The summed E-state index contributed by atoms with van der Waals surface area (Å²) in [6.45, 7) is 3.53. The van der Waals surface area contributed by atoms with Gasteiger partial charge in [-0.15, -0.1) is 0 Å². The van der Waals surface area contributed by atoms with E-state index in [1.165, 1.54) is 6.07 Å². The number of hydrogen-bond acceptors (Lipinski definition) is 5. The van der Waals surface area contributed by atoms with Crippen LogP contribution in [0.25, 0.3) is 0 Å². The number of amides is 1. The minimum absolute atomic E-state index is 0.170. The smallest absolute Gasteiger partial charge is 0.226 e. The van der Waals surface area contributed by atoms with Crippen LogP contribution in [0.5, 0.6) is 0 Å². The van der Waals surface area contributed by atoms with Crippen LogP contribution in [0.2, 0.25) is 5.02 Å². The van der Waals surface area contributed by atoms with E-state index in [1.54, 1.807) is 32.0 Å². The number of benzene rings is 1. The van der Waals surface area contributed by atoms with Crippen molar-refractivity contribution in [3.8, 4) is 6.07 Å². The van der Waals surface area contributed by atoms with E-state index in [-0.39, 0.29) is 17.5 Å². The van der Waals surface area contributed by atoms with Crippen LogP contribution < -0.4 is 16.5 Å². The minimum atomic E-state index is -0.459. The summed E-state index contributed by atoms with van der Waals surface area (Å²) in [5.41, 5.74) is 8.36. The number of hydrogen-bond donors (Lipinski definition) is 4. The van der Waals surface area contributed by atoms with Crippen molar-refractivity contribution < 1.29 is 4.79 Å². The quantitative estimate of drug-likeness (QED) is 0.377. The zero-order valence-corrected chi connectivity index (χ0v) is 12.3. The van der Waals surface area contributed by atoms with Gasteiger partial charge in [0.25, 0.3) is 0 Å². The van der Waals surface area contributed by atoms with Gasteiger partial charge in [0.1, 0.15) is 6.07 Å². The Kier molecular flexibility index (Phi) is 5.69. The first-order valence-corrected chi connectivity index (χ1v) is 6.41. The molecule has 0 spiro atoms. The number of nitriles is 1. The molecule has 0 fully saturated rings. The lowest BCUT2D eigenvalue weighted by atomic mass is 10.2. The summed E-state index contributed by atoms with van der Waals surface area (Å²) in [6, 6.07) is 6.45. The fraction of sp³-hybridized carbons (Fsp3) is 0.231. The summed E-state index contributed by atoms with van der Waals surface area (Å²) < 4.78 is 0. The molecule has 1 aromatic carbocycles. The molecule has 110 valence electrons. The number of rotatable bonds is 5. The van der Waals surface area contributed by atoms with Crippen LogP contribution in [-0.4, -0.2) is 17.5 Å². The SMILES string of the molecule is CC(C)C(=O)Nc1ccc(Cl)cc1N/N=C(\C#N)C(=N)N. The maximum Gasteiger partial charge on any atom is 0.226 e. The van der Waals surface area contributed by atoms with Gasteiger partial charge in [0.2, 0.25) is 11.6 Å². The number of hydrazone groups is 1. The number of amidine groups is 1. The second-order valence-corrected chi connectivity index (χ2v) is 4.87. The van der Waals surface area contributed by atoms with Gasteiger partial charge in [0.15, 0.2) is 5.84 Å². The third-order valence-corrected chi connectivity index (χ3v) is 2.65. The zero-order chi connectivity index (χ0) is 16.0. The number of anilines is 2. The van der Waals surface area contributed by atoms with Gasteiger partial charge in [-0.25, -0.2) is 0 Å². The Morgan fingerprint density at radius 2 is 2.14 bits per heavy atom. The lowest BCUT2D eigenvalue weighted by Crippen LogP contribution is -2.22. The van der Waals surface area contributed by atoms with Gasteiger partial charge in [-0.05, 0) is 18.2 Å². The standard InChI is InChI=1S/C13H15ClN6O/c1-7(2)13(21)18-9-4-3-8(14)5-10(9)19-20-11(6-15)12(16)17/h3-5,7,19H,1-2H3,(H3,16,17)(H,18,21)/b20-11+. The van der Waals surface area contributed by atoms with Crippen molar-refractivity contribution >= 4 is 40.4 Å². The fourth-order valence-corrected chi connectivity index (χ4v) is 1.43. The van der Waals surface area contributed by atoms with Gasteiger partial charge >= 0.3 is 0 Å². The Bertz CT molecular complexity index is 632. The van der Waals surface area contributed by atoms with Crippen LogP contribution in [0.4, 0.5) is 11.4 Å². The lowest BCUT2D eigenvalue weighted by molar-refractivity contribution is -0.118. The van der Waals surface area contributed by atoms with Crippen LogP contribution in [0.15, 0.2) is 23.3 Å². The minimum Gasteiger partial charge on any atom is -0.382 e. The van der Waals surface area contributed by atoms with Gasteiger partial charge in [-0.1, -0.05) is 25.4 Å². The molecule has 0 aromatic heterocycles. The number of nitrogens with zero attached hydrogens (tertiary/aromatic N) is 2. The van der Waals surface area contributed by atoms with Gasteiger partial charge in [0.05, 0.1) is 11.4 Å². The van der Waals surface area contributed by atoms with Crippen molar-refractivity contribution in [3.63, 3.8) is 0 Å². The molecule has 1 aromatic rings. The Labute approximate surface area is 127 Å². The molecule has 5 N–H and O–H groups in total. The average Bonchev–Trinajstić information content (AvgIpc) is 2.41. The fourth-order valence-electron chi connectivity index (χ4n) is 1.26.